The molecule has 0 aliphatic carbocycles. The van der Waals surface area contributed by atoms with Gasteiger partial charge in [-0.15, -0.1) is 0 Å². The second kappa shape index (κ2) is 2.94. The Balaban J connectivity index is 2.53. The Morgan fingerprint density at radius 3 is 3.08 bits per heavy atom. The topological polar surface area (TPSA) is 51.8 Å². The molecular weight excluding hydrogens is 170 g/mol. The van der Waals surface area contributed by atoms with Crippen LogP contribution >= 0.6 is 11.8 Å². The summed E-state index contributed by atoms with van der Waals surface area (Å²) in [6.07, 6.45) is 1.02. The minimum atomic E-state index is 0.679. The van der Waals surface area contributed by atoms with Crippen molar-refractivity contribution in [3.8, 4) is 0 Å². The average molecular weight is 181 g/mol. The molecule has 1 aliphatic rings. The van der Waals surface area contributed by atoms with Crippen LogP contribution < -0.4 is 5.73 Å². The summed E-state index contributed by atoms with van der Waals surface area (Å²) in [5.74, 6) is 3.60. The second-order valence-corrected chi connectivity index (χ2v) is 3.99. The van der Waals surface area contributed by atoms with Crippen molar-refractivity contribution in [2.75, 3.05) is 11.5 Å². The van der Waals surface area contributed by atoms with Crippen molar-refractivity contribution in [3.05, 3.63) is 17.1 Å². The molecule has 0 unspecified atom stereocenters. The largest absolute Gasteiger partial charge is 0.383 e. The van der Waals surface area contributed by atoms with E-state index in [4.69, 9.17) is 5.73 Å². The Kier molecular flexibility index (Phi) is 1.92. The molecule has 0 bridgehead atoms. The van der Waals surface area contributed by atoms with Gasteiger partial charge in [-0.1, -0.05) is 0 Å². The smallest absolute Gasteiger partial charge is 0.130 e. The van der Waals surface area contributed by atoms with Gasteiger partial charge < -0.3 is 5.73 Å². The standard InChI is InChI=1S/C8H11N3S/c1-5-10-7-4-12-3-2-6(7)8(9)11-5/h2-4H2,1H3,(H2,9,10,11). The third-order valence-corrected chi connectivity index (χ3v) is 2.94. The van der Waals surface area contributed by atoms with Crippen LogP contribution in [0.1, 0.15) is 17.1 Å². The van der Waals surface area contributed by atoms with E-state index >= 15 is 0 Å². The molecule has 1 aromatic rings. The van der Waals surface area contributed by atoms with Gasteiger partial charge in [-0.2, -0.15) is 11.8 Å². The molecule has 0 saturated heterocycles. The number of nitrogen functional groups attached to an aromatic ring is 1. The van der Waals surface area contributed by atoms with Gasteiger partial charge >= 0.3 is 0 Å². The first-order valence-electron chi connectivity index (χ1n) is 3.97. The van der Waals surface area contributed by atoms with Crippen LogP contribution in [0.2, 0.25) is 0 Å². The van der Waals surface area contributed by atoms with Gasteiger partial charge in [0.05, 0.1) is 5.69 Å². The van der Waals surface area contributed by atoms with Crippen molar-refractivity contribution in [3.63, 3.8) is 0 Å². The highest BCUT2D eigenvalue weighted by atomic mass is 32.2. The van der Waals surface area contributed by atoms with E-state index in [2.05, 4.69) is 9.97 Å². The maximum Gasteiger partial charge on any atom is 0.130 e. The fraction of sp³-hybridized carbons (Fsp3) is 0.500. The number of rotatable bonds is 0. The van der Waals surface area contributed by atoms with E-state index < -0.39 is 0 Å². The highest BCUT2D eigenvalue weighted by Crippen LogP contribution is 2.25. The highest BCUT2D eigenvalue weighted by molar-refractivity contribution is 7.98. The van der Waals surface area contributed by atoms with E-state index in [0.717, 1.165) is 29.4 Å². The van der Waals surface area contributed by atoms with Crippen LogP contribution in [0.5, 0.6) is 0 Å². The van der Waals surface area contributed by atoms with Gasteiger partial charge in [0.15, 0.2) is 0 Å². The van der Waals surface area contributed by atoms with E-state index in [1.54, 1.807) is 0 Å². The molecular formula is C8H11N3S. The normalized spacial score (nSPS) is 15.8. The fourth-order valence-corrected chi connectivity index (χ4v) is 2.34. The minimum Gasteiger partial charge on any atom is -0.383 e. The fourth-order valence-electron chi connectivity index (χ4n) is 1.41. The molecule has 2 rings (SSSR count). The molecule has 1 aromatic heterocycles. The van der Waals surface area contributed by atoms with E-state index in [0.29, 0.717) is 5.82 Å². The predicted molar refractivity (Wildman–Crippen MR) is 51.0 cm³/mol. The van der Waals surface area contributed by atoms with Gasteiger partial charge in [-0.05, 0) is 19.1 Å². The molecule has 0 fully saturated rings. The number of aromatic nitrogens is 2. The average Bonchev–Trinajstić information content (AvgIpc) is 2.04. The monoisotopic (exact) mass is 181 g/mol. The summed E-state index contributed by atoms with van der Waals surface area (Å²) in [5, 5.41) is 0. The van der Waals surface area contributed by atoms with Crippen molar-refractivity contribution in [1.29, 1.82) is 0 Å². The molecule has 0 amide bonds. The van der Waals surface area contributed by atoms with Gasteiger partial charge in [-0.25, -0.2) is 9.97 Å². The lowest BCUT2D eigenvalue weighted by molar-refractivity contribution is 0.938. The van der Waals surface area contributed by atoms with E-state index in [1.165, 1.54) is 5.56 Å². The summed E-state index contributed by atoms with van der Waals surface area (Å²) in [6, 6.07) is 0. The van der Waals surface area contributed by atoms with Crippen LogP contribution in [-0.4, -0.2) is 15.7 Å². The molecule has 4 heteroatoms. The Labute approximate surface area is 75.8 Å². The number of thioether (sulfide) groups is 1. The van der Waals surface area contributed by atoms with Crippen molar-refractivity contribution < 1.29 is 0 Å². The first-order chi connectivity index (χ1) is 5.77. The van der Waals surface area contributed by atoms with Crippen LogP contribution in [0.15, 0.2) is 0 Å². The maximum absolute atomic E-state index is 5.78. The zero-order valence-electron chi connectivity index (χ0n) is 7.00. The molecule has 0 aromatic carbocycles. The van der Waals surface area contributed by atoms with Gasteiger partial charge in [-0.3, -0.25) is 0 Å². The molecule has 0 spiro atoms. The van der Waals surface area contributed by atoms with Crippen LogP contribution in [0, 0.1) is 6.92 Å². The summed E-state index contributed by atoms with van der Waals surface area (Å²) < 4.78 is 0. The lowest BCUT2D eigenvalue weighted by Crippen LogP contribution is -2.11. The lowest BCUT2D eigenvalue weighted by Gasteiger charge is -2.15. The second-order valence-electron chi connectivity index (χ2n) is 2.88. The third kappa shape index (κ3) is 1.27. The SMILES string of the molecule is Cc1nc(N)c2c(n1)CSCC2. The van der Waals surface area contributed by atoms with E-state index in [1.807, 2.05) is 18.7 Å². The quantitative estimate of drug-likeness (QED) is 0.652. The first kappa shape index (κ1) is 7.86. The van der Waals surface area contributed by atoms with Crippen molar-refractivity contribution in [1.82, 2.24) is 9.97 Å². The van der Waals surface area contributed by atoms with Gasteiger partial charge in [0.25, 0.3) is 0 Å². The number of aryl methyl sites for hydroxylation is 1. The number of hydrogen-bond acceptors (Lipinski definition) is 4. The van der Waals surface area contributed by atoms with Crippen LogP contribution in [-0.2, 0) is 12.2 Å². The summed E-state index contributed by atoms with van der Waals surface area (Å²) in [4.78, 5) is 8.51. The van der Waals surface area contributed by atoms with Gasteiger partial charge in [0, 0.05) is 11.3 Å². The molecule has 0 atom stereocenters. The zero-order valence-corrected chi connectivity index (χ0v) is 7.82. The van der Waals surface area contributed by atoms with Crippen LogP contribution in [0.25, 0.3) is 0 Å². The number of nitrogens with two attached hydrogens (primary N) is 1. The number of anilines is 1. The van der Waals surface area contributed by atoms with Gasteiger partial charge in [0.2, 0.25) is 0 Å². The van der Waals surface area contributed by atoms with Gasteiger partial charge in [0.1, 0.15) is 11.6 Å². The number of nitrogens with zero attached hydrogens (tertiary/aromatic N) is 2. The van der Waals surface area contributed by atoms with Crippen molar-refractivity contribution in [2.45, 2.75) is 19.1 Å². The maximum atomic E-state index is 5.78. The van der Waals surface area contributed by atoms with Crippen LogP contribution in [0.4, 0.5) is 5.82 Å². The van der Waals surface area contributed by atoms with E-state index in [9.17, 15) is 0 Å². The molecule has 2 heterocycles. The molecule has 64 valence electrons. The summed E-state index contributed by atoms with van der Waals surface area (Å²) in [5.41, 5.74) is 8.08. The molecule has 1 aliphatic heterocycles. The third-order valence-electron chi connectivity index (χ3n) is 1.97. The molecule has 3 nitrogen and oxygen atoms in total. The predicted octanol–water partition coefficient (Wildman–Crippen LogP) is 1.16. The molecule has 2 N–H and O–H groups in total. The Morgan fingerprint density at radius 1 is 1.42 bits per heavy atom. The number of fused-ring (bicyclic) bond motifs is 1. The minimum absolute atomic E-state index is 0.679. The summed E-state index contributed by atoms with van der Waals surface area (Å²) in [6.45, 7) is 1.88. The first-order valence-corrected chi connectivity index (χ1v) is 5.12. The summed E-state index contributed by atoms with van der Waals surface area (Å²) in [7, 11) is 0. The Bertz CT molecular complexity index is 311. The van der Waals surface area contributed by atoms with E-state index in [-0.39, 0.29) is 0 Å². The van der Waals surface area contributed by atoms with Crippen LogP contribution in [0.3, 0.4) is 0 Å². The Hall–Kier alpha value is -0.770. The molecule has 0 radical (unpaired) electrons. The number of hydrogen-bond donors (Lipinski definition) is 1. The summed E-state index contributed by atoms with van der Waals surface area (Å²) >= 11 is 1.91. The van der Waals surface area contributed by atoms with Crippen molar-refractivity contribution >= 4 is 17.6 Å². The molecule has 0 saturated carbocycles. The molecule has 12 heavy (non-hydrogen) atoms. The Morgan fingerprint density at radius 2 is 2.25 bits per heavy atom. The zero-order chi connectivity index (χ0) is 8.55. The highest BCUT2D eigenvalue weighted by Gasteiger charge is 2.14. The lowest BCUT2D eigenvalue weighted by atomic mass is 10.1. The van der Waals surface area contributed by atoms with Crippen molar-refractivity contribution in [2.24, 2.45) is 0 Å².